The van der Waals surface area contributed by atoms with Gasteiger partial charge in [-0.05, 0) is 36.4 Å². The highest BCUT2D eigenvalue weighted by Gasteiger charge is 2.05. The fourth-order valence-corrected chi connectivity index (χ4v) is 2.28. The average Bonchev–Trinajstić information content (AvgIpc) is 2.49. The SMILES string of the molecule is N#Cc1cc(Nc2ccc(Br)cc2)nc2ccccc12. The van der Waals surface area contributed by atoms with Crippen LogP contribution in [0, 0.1) is 11.3 Å². The lowest BCUT2D eigenvalue weighted by Crippen LogP contribution is -1.95. The molecule has 20 heavy (non-hydrogen) atoms. The van der Waals surface area contributed by atoms with E-state index in [1.165, 1.54) is 0 Å². The van der Waals surface area contributed by atoms with Gasteiger partial charge in [-0.25, -0.2) is 4.98 Å². The summed E-state index contributed by atoms with van der Waals surface area (Å²) in [6.07, 6.45) is 0. The molecule has 3 aromatic rings. The molecule has 0 aliphatic rings. The number of hydrogen-bond donors (Lipinski definition) is 1. The third kappa shape index (κ3) is 2.49. The number of nitrogens with zero attached hydrogens (tertiary/aromatic N) is 2. The molecule has 96 valence electrons. The van der Waals surface area contributed by atoms with Crippen molar-refractivity contribution in [1.29, 1.82) is 5.26 Å². The van der Waals surface area contributed by atoms with E-state index in [1.807, 2.05) is 48.5 Å². The molecule has 0 fully saturated rings. The maximum atomic E-state index is 9.25. The van der Waals surface area contributed by atoms with Gasteiger partial charge in [0.05, 0.1) is 17.1 Å². The molecular weight excluding hydrogens is 314 g/mol. The van der Waals surface area contributed by atoms with Crippen LogP contribution in [0.3, 0.4) is 0 Å². The molecule has 0 bridgehead atoms. The van der Waals surface area contributed by atoms with Gasteiger partial charge in [0.25, 0.3) is 0 Å². The summed E-state index contributed by atoms with van der Waals surface area (Å²) in [6.45, 7) is 0. The van der Waals surface area contributed by atoms with Crippen LogP contribution in [0.15, 0.2) is 59.1 Å². The molecule has 1 heterocycles. The number of para-hydroxylation sites is 1. The molecule has 1 N–H and O–H groups in total. The number of rotatable bonds is 2. The van der Waals surface area contributed by atoms with Gasteiger partial charge in [-0.3, -0.25) is 0 Å². The van der Waals surface area contributed by atoms with Crippen molar-refractivity contribution in [3.63, 3.8) is 0 Å². The van der Waals surface area contributed by atoms with Crippen molar-refractivity contribution >= 4 is 38.3 Å². The second kappa shape index (κ2) is 5.32. The summed E-state index contributed by atoms with van der Waals surface area (Å²) in [6, 6.07) is 19.4. The number of nitriles is 1. The first-order valence-electron chi connectivity index (χ1n) is 6.09. The largest absolute Gasteiger partial charge is 0.340 e. The van der Waals surface area contributed by atoms with Crippen molar-refractivity contribution in [3.05, 3.63) is 64.6 Å². The summed E-state index contributed by atoms with van der Waals surface area (Å²) in [5, 5.41) is 13.3. The second-order valence-corrected chi connectivity index (χ2v) is 5.23. The molecule has 0 saturated heterocycles. The number of hydrogen-bond acceptors (Lipinski definition) is 3. The van der Waals surface area contributed by atoms with E-state index in [1.54, 1.807) is 6.07 Å². The summed E-state index contributed by atoms with van der Waals surface area (Å²) in [5.41, 5.74) is 2.36. The second-order valence-electron chi connectivity index (χ2n) is 4.32. The highest BCUT2D eigenvalue weighted by molar-refractivity contribution is 9.10. The van der Waals surface area contributed by atoms with Crippen molar-refractivity contribution in [2.24, 2.45) is 0 Å². The molecule has 3 rings (SSSR count). The average molecular weight is 324 g/mol. The normalized spacial score (nSPS) is 10.2. The smallest absolute Gasteiger partial charge is 0.132 e. The van der Waals surface area contributed by atoms with Gasteiger partial charge >= 0.3 is 0 Å². The third-order valence-corrected chi connectivity index (χ3v) is 3.48. The first kappa shape index (κ1) is 12.6. The van der Waals surface area contributed by atoms with Gasteiger partial charge in [0.15, 0.2) is 0 Å². The zero-order valence-electron chi connectivity index (χ0n) is 10.5. The molecule has 0 aliphatic heterocycles. The van der Waals surface area contributed by atoms with Crippen LogP contribution in [0.25, 0.3) is 10.9 Å². The van der Waals surface area contributed by atoms with E-state index in [-0.39, 0.29) is 0 Å². The fourth-order valence-electron chi connectivity index (χ4n) is 2.01. The quantitative estimate of drug-likeness (QED) is 0.749. The van der Waals surface area contributed by atoms with Gasteiger partial charge in [-0.1, -0.05) is 34.1 Å². The van der Waals surface area contributed by atoms with Crippen LogP contribution in [-0.2, 0) is 0 Å². The van der Waals surface area contributed by atoms with Crippen molar-refractivity contribution in [3.8, 4) is 6.07 Å². The van der Waals surface area contributed by atoms with Crippen molar-refractivity contribution < 1.29 is 0 Å². The maximum Gasteiger partial charge on any atom is 0.132 e. The minimum absolute atomic E-state index is 0.621. The molecule has 0 amide bonds. The van der Waals surface area contributed by atoms with Crippen LogP contribution in [0.5, 0.6) is 0 Å². The zero-order chi connectivity index (χ0) is 13.9. The molecule has 0 radical (unpaired) electrons. The van der Waals surface area contributed by atoms with Crippen LogP contribution in [0.1, 0.15) is 5.56 Å². The number of nitrogens with one attached hydrogen (secondary N) is 1. The summed E-state index contributed by atoms with van der Waals surface area (Å²) < 4.78 is 1.02. The monoisotopic (exact) mass is 323 g/mol. The molecule has 0 aliphatic carbocycles. The van der Waals surface area contributed by atoms with E-state index in [4.69, 9.17) is 0 Å². The van der Waals surface area contributed by atoms with E-state index in [0.29, 0.717) is 11.4 Å². The van der Waals surface area contributed by atoms with Gasteiger partial charge in [-0.15, -0.1) is 0 Å². The van der Waals surface area contributed by atoms with Crippen molar-refractivity contribution in [2.75, 3.05) is 5.32 Å². The third-order valence-electron chi connectivity index (χ3n) is 2.95. The van der Waals surface area contributed by atoms with E-state index in [9.17, 15) is 5.26 Å². The van der Waals surface area contributed by atoms with Gasteiger partial charge in [0, 0.05) is 15.5 Å². The number of fused-ring (bicyclic) bond motifs is 1. The fraction of sp³-hybridized carbons (Fsp3) is 0. The number of benzene rings is 2. The molecule has 4 heteroatoms. The maximum absolute atomic E-state index is 9.25. The van der Waals surface area contributed by atoms with E-state index in [0.717, 1.165) is 21.1 Å². The topological polar surface area (TPSA) is 48.7 Å². The van der Waals surface area contributed by atoms with E-state index >= 15 is 0 Å². The molecular formula is C16H10BrN3. The lowest BCUT2D eigenvalue weighted by Gasteiger charge is -2.08. The molecule has 0 unspecified atom stereocenters. The van der Waals surface area contributed by atoms with Gasteiger partial charge < -0.3 is 5.32 Å². The van der Waals surface area contributed by atoms with E-state index < -0.39 is 0 Å². The Hall–Kier alpha value is -2.38. The first-order valence-corrected chi connectivity index (χ1v) is 6.88. The predicted molar refractivity (Wildman–Crippen MR) is 83.9 cm³/mol. The van der Waals surface area contributed by atoms with Crippen LogP contribution in [0.4, 0.5) is 11.5 Å². The van der Waals surface area contributed by atoms with Gasteiger partial charge in [0.2, 0.25) is 0 Å². The van der Waals surface area contributed by atoms with Crippen molar-refractivity contribution in [2.45, 2.75) is 0 Å². The van der Waals surface area contributed by atoms with Crippen LogP contribution in [-0.4, -0.2) is 4.98 Å². The lowest BCUT2D eigenvalue weighted by molar-refractivity contribution is 1.36. The Labute approximate surface area is 125 Å². The van der Waals surface area contributed by atoms with Crippen LogP contribution >= 0.6 is 15.9 Å². The highest BCUT2D eigenvalue weighted by Crippen LogP contribution is 2.23. The Bertz CT molecular complexity index is 804. The summed E-state index contributed by atoms with van der Waals surface area (Å²) in [7, 11) is 0. The number of anilines is 2. The molecule has 0 saturated carbocycles. The van der Waals surface area contributed by atoms with Gasteiger partial charge in [-0.2, -0.15) is 5.26 Å². The highest BCUT2D eigenvalue weighted by atomic mass is 79.9. The predicted octanol–water partition coefficient (Wildman–Crippen LogP) is 4.61. The Balaban J connectivity index is 2.04. The van der Waals surface area contributed by atoms with Crippen LogP contribution < -0.4 is 5.32 Å². The summed E-state index contributed by atoms with van der Waals surface area (Å²) in [5.74, 6) is 0.669. The summed E-state index contributed by atoms with van der Waals surface area (Å²) in [4.78, 5) is 4.53. The first-order chi connectivity index (χ1) is 9.76. The minimum Gasteiger partial charge on any atom is -0.340 e. The molecule has 3 nitrogen and oxygen atoms in total. The Kier molecular flexibility index (Phi) is 3.36. The number of aromatic nitrogens is 1. The summed E-state index contributed by atoms with van der Waals surface area (Å²) >= 11 is 3.40. The Morgan fingerprint density at radius 1 is 1.05 bits per heavy atom. The lowest BCUT2D eigenvalue weighted by atomic mass is 10.1. The Morgan fingerprint density at radius 2 is 1.80 bits per heavy atom. The van der Waals surface area contributed by atoms with Crippen molar-refractivity contribution in [1.82, 2.24) is 4.98 Å². The number of pyridine rings is 1. The van der Waals surface area contributed by atoms with E-state index in [2.05, 4.69) is 32.3 Å². The zero-order valence-corrected chi connectivity index (χ0v) is 12.1. The molecule has 2 aromatic carbocycles. The standard InChI is InChI=1S/C16H10BrN3/c17-12-5-7-13(8-6-12)19-16-9-11(10-18)14-3-1-2-4-15(14)20-16/h1-9H,(H,19,20). The minimum atomic E-state index is 0.621. The molecule has 1 aromatic heterocycles. The number of halogens is 1. The Morgan fingerprint density at radius 3 is 2.55 bits per heavy atom. The molecule has 0 spiro atoms. The van der Waals surface area contributed by atoms with Gasteiger partial charge in [0.1, 0.15) is 5.82 Å². The molecule has 0 atom stereocenters. The van der Waals surface area contributed by atoms with Crippen LogP contribution in [0.2, 0.25) is 0 Å².